The quantitative estimate of drug-likeness (QED) is 0.700. The topological polar surface area (TPSA) is 79.8 Å². The molecule has 1 aromatic carbocycles. The Hall–Kier alpha value is -2.89. The molecule has 2 N–H and O–H groups in total. The molecule has 0 aliphatic heterocycles. The SMILES string of the molecule is Cc1nn(C)c2[nH]c(=O)c(CCC(=O)NCC3CCCc4ccccc43)c(C)c12. The van der Waals surface area contributed by atoms with Crippen LogP contribution in [0.5, 0.6) is 0 Å². The van der Waals surface area contributed by atoms with Crippen molar-refractivity contribution >= 4 is 16.9 Å². The highest BCUT2D eigenvalue weighted by molar-refractivity contribution is 5.83. The van der Waals surface area contributed by atoms with Gasteiger partial charge in [0.05, 0.1) is 5.69 Å². The summed E-state index contributed by atoms with van der Waals surface area (Å²) in [5, 5.41) is 8.46. The Bertz CT molecular complexity index is 1130. The third-order valence-corrected chi connectivity index (χ3v) is 6.20. The van der Waals surface area contributed by atoms with Crippen LogP contribution in [0.4, 0.5) is 0 Å². The number of rotatable bonds is 5. The monoisotopic (exact) mass is 392 g/mol. The van der Waals surface area contributed by atoms with Crippen molar-refractivity contribution in [2.75, 3.05) is 6.54 Å². The first kappa shape index (κ1) is 19.4. The summed E-state index contributed by atoms with van der Waals surface area (Å²) in [7, 11) is 1.82. The number of aromatic nitrogens is 3. The minimum Gasteiger partial charge on any atom is -0.355 e. The molecule has 4 rings (SSSR count). The van der Waals surface area contributed by atoms with Gasteiger partial charge < -0.3 is 10.3 Å². The Labute approximate surface area is 170 Å². The van der Waals surface area contributed by atoms with Crippen LogP contribution in [0.15, 0.2) is 29.1 Å². The fraction of sp³-hybridized carbons (Fsp3) is 0.435. The molecule has 1 aliphatic carbocycles. The Morgan fingerprint density at radius 3 is 2.93 bits per heavy atom. The van der Waals surface area contributed by atoms with Crippen LogP contribution < -0.4 is 10.9 Å². The van der Waals surface area contributed by atoms with E-state index >= 15 is 0 Å². The number of amides is 1. The van der Waals surface area contributed by atoms with E-state index in [1.54, 1.807) is 4.68 Å². The molecule has 152 valence electrons. The third-order valence-electron chi connectivity index (χ3n) is 6.20. The average molecular weight is 393 g/mol. The van der Waals surface area contributed by atoms with Crippen LogP contribution in [0.2, 0.25) is 0 Å². The average Bonchev–Trinajstić information content (AvgIpc) is 2.99. The van der Waals surface area contributed by atoms with E-state index in [1.165, 1.54) is 11.1 Å². The number of carbonyl (C=O) groups is 1. The smallest absolute Gasteiger partial charge is 0.253 e. The van der Waals surface area contributed by atoms with Gasteiger partial charge in [-0.3, -0.25) is 14.3 Å². The van der Waals surface area contributed by atoms with E-state index in [9.17, 15) is 9.59 Å². The van der Waals surface area contributed by atoms with Gasteiger partial charge in [-0.2, -0.15) is 5.10 Å². The molecule has 0 fully saturated rings. The molecule has 1 amide bonds. The first-order valence-electron chi connectivity index (χ1n) is 10.3. The molecule has 0 radical (unpaired) electrons. The summed E-state index contributed by atoms with van der Waals surface area (Å²) in [5.74, 6) is 0.373. The second-order valence-electron chi connectivity index (χ2n) is 8.08. The van der Waals surface area contributed by atoms with Crippen molar-refractivity contribution in [2.45, 2.75) is 51.9 Å². The predicted octanol–water partition coefficient (Wildman–Crippen LogP) is 3.05. The summed E-state index contributed by atoms with van der Waals surface area (Å²) in [6, 6.07) is 8.53. The fourth-order valence-electron chi connectivity index (χ4n) is 4.69. The summed E-state index contributed by atoms with van der Waals surface area (Å²) in [5.41, 5.74) is 5.85. The molecule has 6 heteroatoms. The number of nitrogens with one attached hydrogen (secondary N) is 2. The molecule has 3 aromatic rings. The van der Waals surface area contributed by atoms with Crippen LogP contribution in [-0.2, 0) is 24.7 Å². The molecule has 29 heavy (non-hydrogen) atoms. The van der Waals surface area contributed by atoms with Gasteiger partial charge in [0.25, 0.3) is 5.56 Å². The lowest BCUT2D eigenvalue weighted by molar-refractivity contribution is -0.121. The van der Waals surface area contributed by atoms with Crippen LogP contribution in [0.1, 0.15) is 53.1 Å². The molecule has 2 heterocycles. The lowest BCUT2D eigenvalue weighted by Crippen LogP contribution is -2.30. The summed E-state index contributed by atoms with van der Waals surface area (Å²) in [4.78, 5) is 28.0. The van der Waals surface area contributed by atoms with Crippen LogP contribution in [0.25, 0.3) is 11.0 Å². The number of pyridine rings is 1. The van der Waals surface area contributed by atoms with Crippen LogP contribution in [0.3, 0.4) is 0 Å². The third kappa shape index (κ3) is 3.71. The first-order valence-corrected chi connectivity index (χ1v) is 10.3. The number of hydrogen-bond donors (Lipinski definition) is 2. The number of benzene rings is 1. The van der Waals surface area contributed by atoms with Crippen LogP contribution >= 0.6 is 0 Å². The summed E-state index contributed by atoms with van der Waals surface area (Å²) < 4.78 is 1.69. The van der Waals surface area contributed by atoms with Gasteiger partial charge in [0.2, 0.25) is 5.91 Å². The van der Waals surface area contributed by atoms with Crippen molar-refractivity contribution in [3.63, 3.8) is 0 Å². The van der Waals surface area contributed by atoms with Gasteiger partial charge in [-0.05, 0) is 56.2 Å². The van der Waals surface area contributed by atoms with Crippen molar-refractivity contribution in [3.05, 3.63) is 62.6 Å². The predicted molar refractivity (Wildman–Crippen MR) is 114 cm³/mol. The Balaban J connectivity index is 1.42. The van der Waals surface area contributed by atoms with Crippen molar-refractivity contribution in [3.8, 4) is 0 Å². The Morgan fingerprint density at radius 1 is 1.31 bits per heavy atom. The van der Waals surface area contributed by atoms with E-state index in [4.69, 9.17) is 0 Å². The molecule has 0 saturated heterocycles. The number of nitrogens with zero attached hydrogens (tertiary/aromatic N) is 2. The van der Waals surface area contributed by atoms with Crippen LogP contribution in [0, 0.1) is 13.8 Å². The van der Waals surface area contributed by atoms with Gasteiger partial charge in [-0.25, -0.2) is 0 Å². The number of fused-ring (bicyclic) bond motifs is 2. The number of aryl methyl sites for hydroxylation is 4. The highest BCUT2D eigenvalue weighted by Crippen LogP contribution is 2.30. The van der Waals surface area contributed by atoms with Crippen LogP contribution in [-0.4, -0.2) is 27.2 Å². The first-order chi connectivity index (χ1) is 14.0. The minimum atomic E-state index is -0.132. The highest BCUT2D eigenvalue weighted by atomic mass is 16.1. The number of H-pyrrole nitrogens is 1. The number of carbonyl (C=O) groups excluding carboxylic acids is 1. The zero-order valence-electron chi connectivity index (χ0n) is 17.3. The number of hydrogen-bond acceptors (Lipinski definition) is 3. The zero-order valence-corrected chi connectivity index (χ0v) is 17.3. The Morgan fingerprint density at radius 2 is 2.10 bits per heavy atom. The lowest BCUT2D eigenvalue weighted by Gasteiger charge is -2.25. The molecule has 1 aliphatic rings. The summed E-state index contributed by atoms with van der Waals surface area (Å²) in [6.07, 6.45) is 4.13. The number of aromatic amines is 1. The molecule has 0 spiro atoms. The van der Waals surface area contributed by atoms with Crippen molar-refractivity contribution in [1.82, 2.24) is 20.1 Å². The van der Waals surface area contributed by atoms with Crippen molar-refractivity contribution in [1.29, 1.82) is 0 Å². The zero-order chi connectivity index (χ0) is 20.5. The lowest BCUT2D eigenvalue weighted by atomic mass is 9.83. The van der Waals surface area contributed by atoms with Gasteiger partial charge in [0.15, 0.2) is 0 Å². The van der Waals surface area contributed by atoms with Gasteiger partial charge in [-0.1, -0.05) is 24.3 Å². The molecular weight excluding hydrogens is 364 g/mol. The van der Waals surface area contributed by atoms with Gasteiger partial charge in [0.1, 0.15) is 5.65 Å². The maximum absolute atomic E-state index is 12.5. The maximum Gasteiger partial charge on any atom is 0.253 e. The maximum atomic E-state index is 12.5. The molecule has 0 bridgehead atoms. The van der Waals surface area contributed by atoms with Gasteiger partial charge in [-0.15, -0.1) is 0 Å². The van der Waals surface area contributed by atoms with E-state index in [1.807, 2.05) is 20.9 Å². The molecular formula is C23H28N4O2. The largest absolute Gasteiger partial charge is 0.355 e. The molecule has 1 unspecified atom stereocenters. The second kappa shape index (κ2) is 7.85. The summed E-state index contributed by atoms with van der Waals surface area (Å²) in [6.45, 7) is 4.54. The van der Waals surface area contributed by atoms with Gasteiger partial charge >= 0.3 is 0 Å². The second-order valence-corrected chi connectivity index (χ2v) is 8.08. The van der Waals surface area contributed by atoms with E-state index in [0.717, 1.165) is 41.6 Å². The van der Waals surface area contributed by atoms with E-state index in [-0.39, 0.29) is 11.5 Å². The normalized spacial score (nSPS) is 16.0. The summed E-state index contributed by atoms with van der Waals surface area (Å²) >= 11 is 0. The van der Waals surface area contributed by atoms with Gasteiger partial charge in [0, 0.05) is 36.9 Å². The molecule has 1 atom stereocenters. The molecule has 6 nitrogen and oxygen atoms in total. The standard InChI is InChI=1S/C23H28N4O2/c1-14-18(23(29)25-22-21(14)15(2)26-27(22)3)11-12-20(28)24-13-17-9-6-8-16-7-4-5-10-19(16)17/h4-5,7,10,17H,6,8-9,11-13H2,1-3H3,(H,24,28)(H,25,29). The van der Waals surface area contributed by atoms with Crippen molar-refractivity contribution < 1.29 is 4.79 Å². The van der Waals surface area contributed by atoms with E-state index in [2.05, 4.69) is 39.7 Å². The van der Waals surface area contributed by atoms with E-state index < -0.39 is 0 Å². The van der Waals surface area contributed by atoms with E-state index in [0.29, 0.717) is 30.9 Å². The van der Waals surface area contributed by atoms with Crippen molar-refractivity contribution in [2.24, 2.45) is 7.05 Å². The highest BCUT2D eigenvalue weighted by Gasteiger charge is 2.20. The Kier molecular flexibility index (Phi) is 5.26. The fourth-order valence-corrected chi connectivity index (χ4v) is 4.69. The molecule has 0 saturated carbocycles. The molecule has 2 aromatic heterocycles. The minimum absolute atomic E-state index is 0.00476.